The Kier molecular flexibility index (Phi) is 6.03. The minimum absolute atomic E-state index is 0.0250. The number of benzene rings is 2. The Hall–Kier alpha value is -2.73. The molecule has 0 aliphatic rings. The molecule has 1 amide bonds. The van der Waals surface area contributed by atoms with Crippen LogP contribution in [0.4, 0.5) is 0 Å². The molecule has 7 heteroatoms. The van der Waals surface area contributed by atoms with Crippen LogP contribution in [-0.2, 0) is 4.79 Å². The summed E-state index contributed by atoms with van der Waals surface area (Å²) in [5.74, 6) is 0.642. The van der Waals surface area contributed by atoms with Crippen molar-refractivity contribution in [2.75, 3.05) is 7.11 Å². The first-order valence-corrected chi connectivity index (χ1v) is 7.49. The Morgan fingerprint density at radius 2 is 2.08 bits per heavy atom. The van der Waals surface area contributed by atoms with Crippen molar-refractivity contribution in [2.45, 2.75) is 13.0 Å². The maximum Gasteiger partial charge on any atom is 0.280 e. The Balaban J connectivity index is 1.94. The highest BCUT2D eigenvalue weighted by molar-refractivity contribution is 6.30. The molecule has 0 aliphatic heterocycles. The van der Waals surface area contributed by atoms with Crippen molar-refractivity contribution in [3.05, 3.63) is 53.1 Å². The molecule has 0 saturated carbocycles. The van der Waals surface area contributed by atoms with Crippen LogP contribution in [0.15, 0.2) is 47.6 Å². The van der Waals surface area contributed by atoms with E-state index in [4.69, 9.17) is 21.1 Å². The van der Waals surface area contributed by atoms with Crippen LogP contribution in [0.2, 0.25) is 5.02 Å². The van der Waals surface area contributed by atoms with Gasteiger partial charge in [0.25, 0.3) is 5.91 Å². The molecule has 1 atom stereocenters. The van der Waals surface area contributed by atoms with Crippen LogP contribution < -0.4 is 14.9 Å². The molecule has 0 heterocycles. The molecule has 0 aromatic heterocycles. The molecule has 6 nitrogen and oxygen atoms in total. The molecule has 0 bridgehead atoms. The molecule has 2 rings (SSSR count). The number of rotatable bonds is 6. The summed E-state index contributed by atoms with van der Waals surface area (Å²) in [6.07, 6.45) is 0.557. The fourth-order valence-corrected chi connectivity index (χ4v) is 2.00. The first-order chi connectivity index (χ1) is 11.5. The van der Waals surface area contributed by atoms with E-state index in [1.807, 2.05) is 0 Å². The zero-order chi connectivity index (χ0) is 17.5. The lowest BCUT2D eigenvalue weighted by Gasteiger charge is -2.13. The van der Waals surface area contributed by atoms with E-state index in [2.05, 4.69) is 10.5 Å². The van der Waals surface area contributed by atoms with Gasteiger partial charge in [-0.3, -0.25) is 4.79 Å². The molecule has 2 aromatic rings. The van der Waals surface area contributed by atoms with Gasteiger partial charge in [0.15, 0.2) is 6.10 Å². The normalized spacial score (nSPS) is 12.0. The van der Waals surface area contributed by atoms with Crippen LogP contribution >= 0.6 is 11.6 Å². The molecule has 0 radical (unpaired) electrons. The number of hydrogen-bond donors (Lipinski definition) is 2. The van der Waals surface area contributed by atoms with E-state index in [9.17, 15) is 9.90 Å². The van der Waals surface area contributed by atoms with Crippen LogP contribution in [-0.4, -0.2) is 30.4 Å². The molecule has 0 fully saturated rings. The Bertz CT molecular complexity index is 749. The summed E-state index contributed by atoms with van der Waals surface area (Å²) in [5, 5.41) is 14.1. The number of carbonyl (C=O) groups is 1. The number of hydrogen-bond acceptors (Lipinski definition) is 5. The van der Waals surface area contributed by atoms with Gasteiger partial charge in [-0.05, 0) is 43.3 Å². The second-order valence-corrected chi connectivity index (χ2v) is 5.31. The maximum absolute atomic E-state index is 12.0. The number of carbonyl (C=O) groups excluding carboxylic acids is 1. The van der Waals surface area contributed by atoms with Gasteiger partial charge in [-0.1, -0.05) is 17.7 Å². The van der Waals surface area contributed by atoms with Crippen molar-refractivity contribution < 1.29 is 19.4 Å². The van der Waals surface area contributed by atoms with Gasteiger partial charge in [0.05, 0.1) is 13.3 Å². The molecule has 0 spiro atoms. The van der Waals surface area contributed by atoms with Crippen molar-refractivity contribution in [3.63, 3.8) is 0 Å². The van der Waals surface area contributed by atoms with E-state index in [0.29, 0.717) is 22.1 Å². The highest BCUT2D eigenvalue weighted by Crippen LogP contribution is 2.21. The number of methoxy groups -OCH3 is 1. The number of nitrogens with zero attached hydrogens (tertiary/aromatic N) is 1. The monoisotopic (exact) mass is 348 g/mol. The van der Waals surface area contributed by atoms with Crippen LogP contribution in [0.5, 0.6) is 17.2 Å². The van der Waals surface area contributed by atoms with E-state index in [-0.39, 0.29) is 5.75 Å². The summed E-state index contributed by atoms with van der Waals surface area (Å²) in [7, 11) is 1.52. The zero-order valence-electron chi connectivity index (χ0n) is 13.2. The topological polar surface area (TPSA) is 80.2 Å². The molecule has 0 unspecified atom stereocenters. The number of aromatic hydroxyl groups is 1. The van der Waals surface area contributed by atoms with E-state index in [1.54, 1.807) is 43.3 Å². The molecule has 126 valence electrons. The molecule has 0 saturated heterocycles. The summed E-state index contributed by atoms with van der Waals surface area (Å²) in [6.45, 7) is 1.59. The number of nitrogens with one attached hydrogen (secondary N) is 1. The Morgan fingerprint density at radius 3 is 2.79 bits per heavy atom. The van der Waals surface area contributed by atoms with Crippen LogP contribution in [0.1, 0.15) is 12.5 Å². The van der Waals surface area contributed by atoms with Gasteiger partial charge >= 0.3 is 0 Å². The third-order valence-electron chi connectivity index (χ3n) is 3.09. The molecule has 2 N–H and O–H groups in total. The number of phenolic OH excluding ortho intramolecular Hbond substituents is 1. The lowest BCUT2D eigenvalue weighted by Crippen LogP contribution is -2.33. The maximum atomic E-state index is 12.0. The molecular formula is C17H17ClN2O4. The standard InChI is InChI=1S/C17H17ClN2O4/c1-11(24-15-5-3-4-13(18)9-15)17(22)20-19-10-12-8-14(23-2)6-7-16(12)21/h3-11,21H,1-2H3,(H,20,22)/b19-10+/t11-/m1/s1. The molecule has 2 aromatic carbocycles. The number of halogens is 1. The zero-order valence-corrected chi connectivity index (χ0v) is 13.9. The quantitative estimate of drug-likeness (QED) is 0.621. The average molecular weight is 349 g/mol. The van der Waals surface area contributed by atoms with Crippen molar-refractivity contribution in [1.29, 1.82) is 0 Å². The average Bonchev–Trinajstić information content (AvgIpc) is 2.56. The molecule has 24 heavy (non-hydrogen) atoms. The first kappa shape index (κ1) is 17.6. The number of ether oxygens (including phenoxy) is 2. The highest BCUT2D eigenvalue weighted by atomic mass is 35.5. The second kappa shape index (κ2) is 8.21. The summed E-state index contributed by atoms with van der Waals surface area (Å²) in [5.41, 5.74) is 2.77. The predicted molar refractivity (Wildman–Crippen MR) is 91.9 cm³/mol. The second-order valence-electron chi connectivity index (χ2n) is 4.88. The van der Waals surface area contributed by atoms with E-state index < -0.39 is 12.0 Å². The molecular weight excluding hydrogens is 332 g/mol. The third kappa shape index (κ3) is 4.89. The lowest BCUT2D eigenvalue weighted by atomic mass is 10.2. The first-order valence-electron chi connectivity index (χ1n) is 7.11. The summed E-state index contributed by atoms with van der Waals surface area (Å²) in [6, 6.07) is 11.4. The smallest absolute Gasteiger partial charge is 0.280 e. The van der Waals surface area contributed by atoms with Crippen molar-refractivity contribution in [1.82, 2.24) is 5.43 Å². The van der Waals surface area contributed by atoms with Gasteiger partial charge in [-0.2, -0.15) is 5.10 Å². The summed E-state index contributed by atoms with van der Waals surface area (Å²) < 4.78 is 10.5. The van der Waals surface area contributed by atoms with Gasteiger partial charge < -0.3 is 14.6 Å². The fourth-order valence-electron chi connectivity index (χ4n) is 1.82. The van der Waals surface area contributed by atoms with Gasteiger partial charge in [0.1, 0.15) is 17.2 Å². The predicted octanol–water partition coefficient (Wildman–Crippen LogP) is 2.97. The van der Waals surface area contributed by atoms with E-state index >= 15 is 0 Å². The fraction of sp³-hybridized carbons (Fsp3) is 0.176. The van der Waals surface area contributed by atoms with E-state index in [1.165, 1.54) is 19.4 Å². The Morgan fingerprint density at radius 1 is 1.29 bits per heavy atom. The number of hydrazone groups is 1. The van der Waals surface area contributed by atoms with Crippen LogP contribution in [0.3, 0.4) is 0 Å². The summed E-state index contributed by atoms with van der Waals surface area (Å²) in [4.78, 5) is 12.0. The van der Waals surface area contributed by atoms with Crippen molar-refractivity contribution in [3.8, 4) is 17.2 Å². The number of phenols is 1. The molecule has 0 aliphatic carbocycles. The van der Waals surface area contributed by atoms with Crippen LogP contribution in [0, 0.1) is 0 Å². The lowest BCUT2D eigenvalue weighted by molar-refractivity contribution is -0.127. The van der Waals surface area contributed by atoms with Crippen molar-refractivity contribution >= 4 is 23.7 Å². The van der Waals surface area contributed by atoms with Gasteiger partial charge in [-0.25, -0.2) is 5.43 Å². The van der Waals surface area contributed by atoms with Gasteiger partial charge in [-0.15, -0.1) is 0 Å². The van der Waals surface area contributed by atoms with Crippen LogP contribution in [0.25, 0.3) is 0 Å². The highest BCUT2D eigenvalue weighted by Gasteiger charge is 2.14. The minimum Gasteiger partial charge on any atom is -0.507 e. The largest absolute Gasteiger partial charge is 0.507 e. The van der Waals surface area contributed by atoms with Gasteiger partial charge in [0.2, 0.25) is 0 Å². The number of amides is 1. The minimum atomic E-state index is -0.764. The van der Waals surface area contributed by atoms with Crippen molar-refractivity contribution in [2.24, 2.45) is 5.10 Å². The SMILES string of the molecule is COc1ccc(O)c(/C=N/NC(=O)[C@@H](C)Oc2cccc(Cl)c2)c1. The third-order valence-corrected chi connectivity index (χ3v) is 3.33. The Labute approximate surface area is 144 Å². The van der Waals surface area contributed by atoms with E-state index in [0.717, 1.165) is 0 Å². The summed E-state index contributed by atoms with van der Waals surface area (Å²) >= 11 is 5.86. The van der Waals surface area contributed by atoms with Gasteiger partial charge in [0, 0.05) is 10.6 Å².